The molecule has 1 aliphatic rings. The van der Waals surface area contributed by atoms with Crippen LogP contribution in [0.15, 0.2) is 60.3 Å². The Balaban J connectivity index is 1.86. The van der Waals surface area contributed by atoms with Gasteiger partial charge in [-0.25, -0.2) is 9.10 Å². The number of hydrogen-bond acceptors (Lipinski definition) is 7. The quantitative estimate of drug-likeness (QED) is 0.457. The molecule has 1 amide bonds. The molecular formula is C22H26N2O6S. The molecular weight excluding hydrogens is 420 g/mol. The predicted octanol–water partition coefficient (Wildman–Crippen LogP) is 3.87. The smallest absolute Gasteiger partial charge is 0.330 e. The first-order chi connectivity index (χ1) is 14.6. The second kappa shape index (κ2) is 8.62. The molecule has 0 atom stereocenters. The van der Waals surface area contributed by atoms with Crippen LogP contribution in [0.4, 0.5) is 0 Å². The summed E-state index contributed by atoms with van der Waals surface area (Å²) < 4.78 is 33.4. The minimum absolute atomic E-state index is 0.0344. The van der Waals surface area contributed by atoms with Gasteiger partial charge in [-0.3, -0.25) is 13.9 Å². The van der Waals surface area contributed by atoms with Crippen LogP contribution >= 0.6 is 10.8 Å². The summed E-state index contributed by atoms with van der Waals surface area (Å²) in [6.07, 6.45) is 0. The minimum atomic E-state index is -3.62. The lowest BCUT2D eigenvalue weighted by molar-refractivity contribution is -0.133. The van der Waals surface area contributed by atoms with E-state index in [1.807, 2.05) is 0 Å². The Morgan fingerprint density at radius 3 is 2.16 bits per heavy atom. The number of carbonyl (C=O) groups excluding carboxylic acids is 2. The van der Waals surface area contributed by atoms with Crippen molar-refractivity contribution in [1.82, 2.24) is 9.62 Å². The molecule has 0 aromatic heterocycles. The third-order valence-electron chi connectivity index (χ3n) is 4.50. The second-order valence-electron chi connectivity index (χ2n) is 7.86. The number of hydrogen-bond donors (Lipinski definition) is 3. The lowest BCUT2D eigenvalue weighted by Gasteiger charge is -2.45. The number of methoxy groups -OCH3 is 1. The molecule has 0 saturated heterocycles. The Morgan fingerprint density at radius 2 is 1.61 bits per heavy atom. The number of nitrogens with zero attached hydrogens (tertiary/aromatic N) is 1. The van der Waals surface area contributed by atoms with Crippen LogP contribution in [0.25, 0.3) is 4.91 Å². The number of amides is 1. The number of benzene rings is 2. The van der Waals surface area contributed by atoms with Gasteiger partial charge in [-0.15, -0.1) is 0 Å². The van der Waals surface area contributed by atoms with Gasteiger partial charge in [0.1, 0.15) is 28.6 Å². The van der Waals surface area contributed by atoms with Crippen molar-refractivity contribution in [3.05, 3.63) is 65.9 Å². The van der Waals surface area contributed by atoms with Crippen LogP contribution in [-0.2, 0) is 9.59 Å². The monoisotopic (exact) mass is 446 g/mol. The third kappa shape index (κ3) is 4.68. The van der Waals surface area contributed by atoms with E-state index in [1.54, 1.807) is 75.4 Å². The largest absolute Gasteiger partial charge is 0.497 e. The van der Waals surface area contributed by atoms with Gasteiger partial charge in [-0.2, -0.15) is 0 Å². The highest BCUT2D eigenvalue weighted by Crippen LogP contribution is 2.63. The van der Waals surface area contributed by atoms with E-state index >= 15 is 0 Å². The molecule has 1 aliphatic heterocycles. The van der Waals surface area contributed by atoms with Gasteiger partial charge in [0.2, 0.25) is 0 Å². The summed E-state index contributed by atoms with van der Waals surface area (Å²) in [7, 11) is -2.08. The van der Waals surface area contributed by atoms with E-state index in [9.17, 15) is 18.7 Å². The number of rotatable bonds is 6. The first-order valence-corrected chi connectivity index (χ1v) is 11.1. The molecule has 9 heteroatoms. The van der Waals surface area contributed by atoms with Crippen molar-refractivity contribution in [3.63, 3.8) is 0 Å². The number of esters is 1. The molecule has 0 spiro atoms. The summed E-state index contributed by atoms with van der Waals surface area (Å²) in [5, 5.41) is 2.77. The average Bonchev–Trinajstić information content (AvgIpc) is 2.92. The van der Waals surface area contributed by atoms with Crippen LogP contribution in [0.5, 0.6) is 11.5 Å². The minimum Gasteiger partial charge on any atom is -0.497 e. The van der Waals surface area contributed by atoms with E-state index in [0.29, 0.717) is 17.1 Å². The molecule has 0 aliphatic carbocycles. The third-order valence-corrected chi connectivity index (χ3v) is 6.71. The Kier molecular flexibility index (Phi) is 6.30. The molecule has 0 fully saturated rings. The normalized spacial score (nSPS) is 16.8. The molecule has 0 saturated carbocycles. The Labute approximate surface area is 183 Å². The van der Waals surface area contributed by atoms with Gasteiger partial charge in [-0.05, 0) is 45.0 Å². The summed E-state index contributed by atoms with van der Waals surface area (Å²) in [6.45, 7) is 4.80. The Hall–Kier alpha value is -3.01. The number of nitrogens with one attached hydrogen (secondary N) is 1. The van der Waals surface area contributed by atoms with Gasteiger partial charge in [0.15, 0.2) is 0 Å². The molecule has 8 nitrogen and oxygen atoms in total. The molecule has 31 heavy (non-hydrogen) atoms. The fourth-order valence-electron chi connectivity index (χ4n) is 3.25. The molecule has 166 valence electrons. The summed E-state index contributed by atoms with van der Waals surface area (Å²) >= 11 is 0. The maximum atomic E-state index is 13.1. The summed E-state index contributed by atoms with van der Waals surface area (Å²) in [6, 6.07) is 15.1. The lowest BCUT2D eigenvalue weighted by atomic mass is 10.1. The number of ether oxygens (including phenoxy) is 2. The highest BCUT2D eigenvalue weighted by Gasteiger charge is 2.49. The first-order valence-electron chi connectivity index (χ1n) is 9.57. The van der Waals surface area contributed by atoms with E-state index in [2.05, 4.69) is 5.32 Å². The maximum Gasteiger partial charge on any atom is 0.330 e. The van der Waals surface area contributed by atoms with E-state index in [0.717, 1.165) is 4.31 Å². The van der Waals surface area contributed by atoms with Crippen molar-refractivity contribution >= 4 is 27.6 Å². The fraction of sp³-hybridized carbons (Fsp3) is 0.273. The SMILES string of the molecule is COc1ccc(OC(=O)CNC2=C(c3ccccc3)S(O)(O)N(C(C)(C)C)C2=O)cc1. The molecule has 0 radical (unpaired) electrons. The lowest BCUT2D eigenvalue weighted by Crippen LogP contribution is -2.45. The zero-order chi connectivity index (χ0) is 22.8. The topological polar surface area (TPSA) is 108 Å². The molecule has 1 heterocycles. The van der Waals surface area contributed by atoms with Crippen LogP contribution < -0.4 is 14.8 Å². The summed E-state index contributed by atoms with van der Waals surface area (Å²) in [5.41, 5.74) is -0.412. The van der Waals surface area contributed by atoms with Gasteiger partial charge in [-0.1, -0.05) is 41.1 Å². The second-order valence-corrected chi connectivity index (χ2v) is 9.67. The van der Waals surface area contributed by atoms with Crippen LogP contribution in [0, 0.1) is 0 Å². The van der Waals surface area contributed by atoms with Gasteiger partial charge in [0.05, 0.1) is 12.6 Å². The fourth-order valence-corrected chi connectivity index (χ4v) is 5.40. The Morgan fingerprint density at radius 1 is 1.03 bits per heavy atom. The zero-order valence-corrected chi connectivity index (χ0v) is 18.6. The van der Waals surface area contributed by atoms with Crippen molar-refractivity contribution in [2.24, 2.45) is 0 Å². The van der Waals surface area contributed by atoms with Crippen molar-refractivity contribution < 1.29 is 28.2 Å². The number of carbonyl (C=O) groups is 2. The van der Waals surface area contributed by atoms with E-state index in [4.69, 9.17) is 9.47 Å². The van der Waals surface area contributed by atoms with E-state index < -0.39 is 28.2 Å². The Bertz CT molecular complexity index is 997. The van der Waals surface area contributed by atoms with Crippen LogP contribution in [-0.4, -0.2) is 44.5 Å². The van der Waals surface area contributed by atoms with Gasteiger partial charge < -0.3 is 14.8 Å². The van der Waals surface area contributed by atoms with Crippen LogP contribution in [0.1, 0.15) is 26.3 Å². The molecule has 0 unspecified atom stereocenters. The summed E-state index contributed by atoms with van der Waals surface area (Å²) in [4.78, 5) is 25.5. The van der Waals surface area contributed by atoms with E-state index in [1.165, 1.54) is 7.11 Å². The van der Waals surface area contributed by atoms with Crippen molar-refractivity contribution in [3.8, 4) is 11.5 Å². The molecule has 0 bridgehead atoms. The highest BCUT2D eigenvalue weighted by atomic mass is 32.3. The van der Waals surface area contributed by atoms with Crippen LogP contribution in [0.2, 0.25) is 0 Å². The van der Waals surface area contributed by atoms with Gasteiger partial charge in [0.25, 0.3) is 5.91 Å². The molecule has 3 N–H and O–H groups in total. The highest BCUT2D eigenvalue weighted by molar-refractivity contribution is 8.31. The molecule has 3 rings (SSSR count). The molecule has 2 aromatic carbocycles. The van der Waals surface area contributed by atoms with Crippen LogP contribution in [0.3, 0.4) is 0 Å². The van der Waals surface area contributed by atoms with Gasteiger partial charge in [0, 0.05) is 5.56 Å². The predicted molar refractivity (Wildman–Crippen MR) is 119 cm³/mol. The maximum absolute atomic E-state index is 13.1. The first kappa shape index (κ1) is 22.7. The zero-order valence-electron chi connectivity index (χ0n) is 17.8. The van der Waals surface area contributed by atoms with Gasteiger partial charge >= 0.3 is 5.97 Å². The van der Waals surface area contributed by atoms with Crippen molar-refractivity contribution in [2.75, 3.05) is 13.7 Å². The molecule has 2 aromatic rings. The standard InChI is InChI=1S/C22H26N2O6S/c1-22(2,3)24-21(26)19(20(31(24,27)28)15-8-6-5-7-9-15)23-14-18(25)30-17-12-10-16(29-4)11-13-17/h5-13,23,27-28H,14H2,1-4H3. The van der Waals surface area contributed by atoms with Crippen molar-refractivity contribution in [1.29, 1.82) is 0 Å². The van der Waals surface area contributed by atoms with Crippen molar-refractivity contribution in [2.45, 2.75) is 26.3 Å². The average molecular weight is 447 g/mol. The summed E-state index contributed by atoms with van der Waals surface area (Å²) in [5.74, 6) is -0.282. The van der Waals surface area contributed by atoms with E-state index in [-0.39, 0.29) is 17.1 Å².